The van der Waals surface area contributed by atoms with Crippen LogP contribution in [0.5, 0.6) is 0 Å². The zero-order valence-corrected chi connectivity index (χ0v) is 5.83. The highest BCUT2D eigenvalue weighted by molar-refractivity contribution is 5.67. The first-order valence-electron chi connectivity index (χ1n) is 3.34. The summed E-state index contributed by atoms with van der Waals surface area (Å²) in [6.07, 6.45) is 6.66. The molecule has 1 heterocycles. The van der Waals surface area contributed by atoms with E-state index in [1.807, 2.05) is 6.20 Å². The third-order valence-electron chi connectivity index (χ3n) is 1.79. The second-order valence-electron chi connectivity index (χ2n) is 2.49. The Labute approximate surface area is 59.6 Å². The molecule has 2 rings (SSSR count). The number of hydrogen-bond donors (Lipinski definition) is 0. The fourth-order valence-corrected chi connectivity index (χ4v) is 1.22. The first-order valence-corrected chi connectivity index (χ1v) is 3.34. The predicted octanol–water partition coefficient (Wildman–Crippen LogP) is 1.44. The third kappa shape index (κ3) is 0.652. The first-order chi connectivity index (χ1) is 4.88. The molecule has 0 bridgehead atoms. The van der Waals surface area contributed by atoms with Crippen LogP contribution in [-0.2, 0) is 6.42 Å². The summed E-state index contributed by atoms with van der Waals surface area (Å²) in [5.74, 6) is 0. The molecule has 10 heavy (non-hydrogen) atoms. The van der Waals surface area contributed by atoms with Gasteiger partial charge < -0.3 is 0 Å². The van der Waals surface area contributed by atoms with Gasteiger partial charge in [0.2, 0.25) is 0 Å². The van der Waals surface area contributed by atoms with E-state index in [-0.39, 0.29) is 0 Å². The lowest BCUT2D eigenvalue weighted by molar-refractivity contribution is 1.09. The molecule has 0 aliphatic heterocycles. The minimum Gasteiger partial charge on any atom is -0.244 e. The summed E-state index contributed by atoms with van der Waals surface area (Å²) in [6, 6.07) is 0. The Morgan fingerprint density at radius 1 is 1.50 bits per heavy atom. The van der Waals surface area contributed by atoms with Gasteiger partial charge in [0.25, 0.3) is 0 Å². The van der Waals surface area contributed by atoms with E-state index in [0.717, 1.165) is 12.1 Å². The van der Waals surface area contributed by atoms with Crippen molar-refractivity contribution in [3.8, 4) is 0 Å². The molecule has 0 unspecified atom stereocenters. The fraction of sp³-hybridized carbons (Fsp3) is 0.250. The highest BCUT2D eigenvalue weighted by Crippen LogP contribution is 2.22. The molecular weight excluding hydrogens is 124 g/mol. The van der Waals surface area contributed by atoms with Crippen LogP contribution in [0, 0.1) is 0 Å². The largest absolute Gasteiger partial charge is 0.244 e. The maximum Gasteiger partial charge on any atom is 0.116 e. The van der Waals surface area contributed by atoms with Crippen molar-refractivity contribution >= 4 is 5.57 Å². The van der Waals surface area contributed by atoms with Gasteiger partial charge in [0, 0.05) is 11.8 Å². The molecule has 1 aromatic heterocycles. The van der Waals surface area contributed by atoms with E-state index in [2.05, 4.69) is 23.0 Å². The lowest BCUT2D eigenvalue weighted by Crippen LogP contribution is -1.88. The number of aromatic nitrogens is 2. The molecule has 0 atom stereocenters. The Hall–Kier alpha value is -1.18. The van der Waals surface area contributed by atoms with Crippen LogP contribution < -0.4 is 0 Å². The summed E-state index contributed by atoms with van der Waals surface area (Å²) >= 11 is 0. The van der Waals surface area contributed by atoms with Crippen molar-refractivity contribution in [1.82, 2.24) is 9.97 Å². The lowest BCUT2D eigenvalue weighted by atomic mass is 10.2. The standard InChI is InChI=1S/C8H8N2/c1-6-2-3-7-4-9-5-10-8(6)7/h2,4-5H,3H2,1H3. The monoisotopic (exact) mass is 132 g/mol. The molecule has 1 aliphatic rings. The molecule has 1 aromatic rings. The quantitative estimate of drug-likeness (QED) is 0.533. The summed E-state index contributed by atoms with van der Waals surface area (Å²) in [4.78, 5) is 8.11. The highest BCUT2D eigenvalue weighted by atomic mass is 14.8. The summed E-state index contributed by atoms with van der Waals surface area (Å²) in [5, 5.41) is 0. The number of hydrogen-bond acceptors (Lipinski definition) is 2. The van der Waals surface area contributed by atoms with Crippen molar-refractivity contribution in [2.75, 3.05) is 0 Å². The lowest BCUT2D eigenvalue weighted by Gasteiger charge is -1.95. The normalized spacial score (nSPS) is 14.7. The van der Waals surface area contributed by atoms with E-state index in [1.54, 1.807) is 6.33 Å². The molecule has 0 spiro atoms. The van der Waals surface area contributed by atoms with Crippen molar-refractivity contribution in [2.45, 2.75) is 13.3 Å². The second-order valence-corrected chi connectivity index (χ2v) is 2.49. The van der Waals surface area contributed by atoms with Crippen LogP contribution in [0.4, 0.5) is 0 Å². The van der Waals surface area contributed by atoms with Crippen LogP contribution in [0.15, 0.2) is 18.6 Å². The van der Waals surface area contributed by atoms with Crippen molar-refractivity contribution in [2.24, 2.45) is 0 Å². The Morgan fingerprint density at radius 2 is 2.40 bits per heavy atom. The van der Waals surface area contributed by atoms with Crippen molar-refractivity contribution in [3.05, 3.63) is 29.9 Å². The van der Waals surface area contributed by atoms with Gasteiger partial charge in [-0.1, -0.05) is 6.08 Å². The highest BCUT2D eigenvalue weighted by Gasteiger charge is 2.09. The van der Waals surface area contributed by atoms with Crippen molar-refractivity contribution in [3.63, 3.8) is 0 Å². The van der Waals surface area contributed by atoms with Crippen LogP contribution >= 0.6 is 0 Å². The van der Waals surface area contributed by atoms with E-state index in [0.29, 0.717) is 0 Å². The molecule has 0 N–H and O–H groups in total. The molecule has 0 aromatic carbocycles. The summed E-state index contributed by atoms with van der Waals surface area (Å²) in [7, 11) is 0. The molecule has 2 nitrogen and oxygen atoms in total. The van der Waals surface area contributed by atoms with Gasteiger partial charge in [0.1, 0.15) is 6.33 Å². The van der Waals surface area contributed by atoms with E-state index in [9.17, 15) is 0 Å². The van der Waals surface area contributed by atoms with Crippen LogP contribution in [0.25, 0.3) is 5.57 Å². The second kappa shape index (κ2) is 1.90. The van der Waals surface area contributed by atoms with Crippen LogP contribution in [0.3, 0.4) is 0 Å². The van der Waals surface area contributed by atoms with Gasteiger partial charge in [0.15, 0.2) is 0 Å². The molecule has 0 saturated carbocycles. The van der Waals surface area contributed by atoms with Crippen LogP contribution in [0.2, 0.25) is 0 Å². The van der Waals surface area contributed by atoms with Gasteiger partial charge in [-0.2, -0.15) is 0 Å². The van der Waals surface area contributed by atoms with Crippen molar-refractivity contribution in [1.29, 1.82) is 0 Å². The Morgan fingerprint density at radius 3 is 3.20 bits per heavy atom. The molecular formula is C8H8N2. The maximum atomic E-state index is 4.16. The molecule has 1 aliphatic carbocycles. The topological polar surface area (TPSA) is 25.8 Å². The maximum absolute atomic E-state index is 4.16. The zero-order valence-electron chi connectivity index (χ0n) is 5.83. The Balaban J connectivity index is 2.61. The molecule has 50 valence electrons. The molecule has 0 fully saturated rings. The average molecular weight is 132 g/mol. The van der Waals surface area contributed by atoms with Gasteiger partial charge in [-0.25, -0.2) is 9.97 Å². The molecule has 2 heteroatoms. The third-order valence-corrected chi connectivity index (χ3v) is 1.79. The van der Waals surface area contributed by atoms with Gasteiger partial charge in [0.05, 0.1) is 5.69 Å². The van der Waals surface area contributed by atoms with Gasteiger partial charge in [-0.3, -0.25) is 0 Å². The molecule has 0 amide bonds. The van der Waals surface area contributed by atoms with E-state index < -0.39 is 0 Å². The fourth-order valence-electron chi connectivity index (χ4n) is 1.22. The van der Waals surface area contributed by atoms with E-state index >= 15 is 0 Å². The summed E-state index contributed by atoms with van der Waals surface area (Å²) in [5.41, 5.74) is 3.65. The SMILES string of the molecule is CC1=CCc2cncnc21. The smallest absolute Gasteiger partial charge is 0.116 e. The first kappa shape index (κ1) is 5.59. The van der Waals surface area contributed by atoms with E-state index in [1.165, 1.54) is 11.1 Å². The Kier molecular flexibility index (Phi) is 1.07. The van der Waals surface area contributed by atoms with Gasteiger partial charge in [-0.05, 0) is 18.9 Å². The molecule has 0 radical (unpaired) electrons. The zero-order chi connectivity index (χ0) is 6.97. The number of nitrogens with zero attached hydrogens (tertiary/aromatic N) is 2. The van der Waals surface area contributed by atoms with Crippen LogP contribution in [0.1, 0.15) is 18.2 Å². The van der Waals surface area contributed by atoms with Gasteiger partial charge >= 0.3 is 0 Å². The summed E-state index contributed by atoms with van der Waals surface area (Å²) < 4.78 is 0. The van der Waals surface area contributed by atoms with E-state index in [4.69, 9.17) is 0 Å². The predicted molar refractivity (Wildman–Crippen MR) is 39.4 cm³/mol. The minimum absolute atomic E-state index is 1.00. The number of allylic oxidation sites excluding steroid dienone is 2. The Bertz CT molecular complexity index is 289. The summed E-state index contributed by atoms with van der Waals surface area (Å²) in [6.45, 7) is 2.08. The average Bonchev–Trinajstić information content (AvgIpc) is 2.34. The minimum atomic E-state index is 1.00. The van der Waals surface area contributed by atoms with Crippen molar-refractivity contribution < 1.29 is 0 Å². The molecule has 0 saturated heterocycles. The number of rotatable bonds is 0. The van der Waals surface area contributed by atoms with Gasteiger partial charge in [-0.15, -0.1) is 0 Å². The van der Waals surface area contributed by atoms with Crippen LogP contribution in [-0.4, -0.2) is 9.97 Å². The number of fused-ring (bicyclic) bond motifs is 1.